The van der Waals surface area contributed by atoms with E-state index in [0.29, 0.717) is 10.7 Å². The van der Waals surface area contributed by atoms with Gasteiger partial charge in [-0.15, -0.1) is 0 Å². The van der Waals surface area contributed by atoms with Crippen LogP contribution in [-0.2, 0) is 14.3 Å². The fourth-order valence-electron chi connectivity index (χ4n) is 1.55. The number of anilines is 1. The Bertz CT molecular complexity index is 474. The highest BCUT2D eigenvalue weighted by atomic mass is 35.5. The minimum atomic E-state index is -0.401. The van der Waals surface area contributed by atoms with E-state index in [4.69, 9.17) is 16.3 Å². The molecule has 0 aliphatic rings. The van der Waals surface area contributed by atoms with Gasteiger partial charge in [0.25, 0.3) is 5.91 Å². The van der Waals surface area contributed by atoms with Gasteiger partial charge in [-0.25, -0.2) is 0 Å². The van der Waals surface area contributed by atoms with Crippen molar-refractivity contribution in [2.45, 2.75) is 27.7 Å². The van der Waals surface area contributed by atoms with Crippen molar-refractivity contribution in [1.82, 2.24) is 0 Å². The Balaban J connectivity index is 2.65. The number of hydrogen-bond acceptors (Lipinski definition) is 3. The van der Waals surface area contributed by atoms with Gasteiger partial charge in [0.2, 0.25) is 0 Å². The molecule has 4 nitrogen and oxygen atoms in total. The van der Waals surface area contributed by atoms with E-state index in [1.807, 2.05) is 19.9 Å². The molecule has 0 atom stereocenters. The molecule has 1 rings (SSSR count). The predicted octanol–water partition coefficient (Wildman–Crippen LogP) is 3.09. The monoisotopic (exact) mass is 283 g/mol. The number of ether oxygens (including phenoxy) is 1. The van der Waals surface area contributed by atoms with E-state index in [1.165, 1.54) is 0 Å². The summed E-state index contributed by atoms with van der Waals surface area (Å²) in [6.45, 7) is 6.90. The lowest BCUT2D eigenvalue weighted by molar-refractivity contribution is -0.150. The Morgan fingerprint density at radius 2 is 1.95 bits per heavy atom. The summed E-state index contributed by atoms with van der Waals surface area (Å²) in [6.07, 6.45) is 0. The molecule has 0 bridgehead atoms. The van der Waals surface area contributed by atoms with E-state index in [1.54, 1.807) is 19.9 Å². The van der Waals surface area contributed by atoms with Gasteiger partial charge in [0.1, 0.15) is 0 Å². The van der Waals surface area contributed by atoms with Crippen LogP contribution in [-0.4, -0.2) is 18.5 Å². The second-order valence-electron chi connectivity index (χ2n) is 4.75. The van der Waals surface area contributed by atoms with Crippen LogP contribution in [0.5, 0.6) is 0 Å². The first kappa shape index (κ1) is 15.5. The van der Waals surface area contributed by atoms with Crippen LogP contribution in [0.2, 0.25) is 5.02 Å². The molecule has 19 heavy (non-hydrogen) atoms. The Morgan fingerprint density at radius 3 is 2.47 bits per heavy atom. The molecule has 0 aliphatic carbocycles. The minimum Gasteiger partial charge on any atom is -0.455 e. The molecule has 5 heteroatoms. The summed E-state index contributed by atoms with van der Waals surface area (Å²) in [4.78, 5) is 22.9. The fraction of sp³-hybridized carbons (Fsp3) is 0.429. The number of carbonyl (C=O) groups excluding carboxylic acids is 2. The van der Waals surface area contributed by atoms with Gasteiger partial charge < -0.3 is 10.1 Å². The van der Waals surface area contributed by atoms with Crippen LogP contribution < -0.4 is 5.32 Å². The van der Waals surface area contributed by atoms with Crippen molar-refractivity contribution in [3.8, 4) is 0 Å². The molecule has 0 radical (unpaired) electrons. The molecular formula is C14H18ClNO3. The number of nitrogens with one attached hydrogen (secondary N) is 1. The lowest BCUT2D eigenvalue weighted by Crippen LogP contribution is -2.23. The molecule has 1 N–H and O–H groups in total. The second kappa shape index (κ2) is 6.57. The molecule has 0 aromatic heterocycles. The predicted molar refractivity (Wildman–Crippen MR) is 75.4 cm³/mol. The maximum absolute atomic E-state index is 11.7. The number of rotatable bonds is 4. The minimum absolute atomic E-state index is 0.252. The van der Waals surface area contributed by atoms with Gasteiger partial charge in [-0.3, -0.25) is 9.59 Å². The number of carbonyl (C=O) groups is 2. The third kappa shape index (κ3) is 4.56. The molecule has 1 aromatic carbocycles. The lowest BCUT2D eigenvalue weighted by atomic mass is 10.1. The zero-order valence-electron chi connectivity index (χ0n) is 11.5. The van der Waals surface area contributed by atoms with Crippen LogP contribution in [0.1, 0.15) is 25.0 Å². The summed E-state index contributed by atoms with van der Waals surface area (Å²) in [7, 11) is 0. The van der Waals surface area contributed by atoms with E-state index in [0.717, 1.165) is 11.1 Å². The third-order valence-corrected chi connectivity index (χ3v) is 2.81. The summed E-state index contributed by atoms with van der Waals surface area (Å²) in [5.74, 6) is -1.05. The molecule has 0 fully saturated rings. The van der Waals surface area contributed by atoms with Crippen LogP contribution in [0.15, 0.2) is 12.1 Å². The van der Waals surface area contributed by atoms with Crippen LogP contribution in [0.25, 0.3) is 0 Å². The van der Waals surface area contributed by atoms with Crippen LogP contribution in [0, 0.1) is 19.8 Å². The van der Waals surface area contributed by atoms with E-state index in [9.17, 15) is 9.59 Å². The van der Waals surface area contributed by atoms with Crippen molar-refractivity contribution in [3.05, 3.63) is 28.3 Å². The van der Waals surface area contributed by atoms with E-state index >= 15 is 0 Å². The zero-order valence-corrected chi connectivity index (χ0v) is 12.3. The molecule has 0 spiro atoms. The Hall–Kier alpha value is -1.55. The average Bonchev–Trinajstić information content (AvgIpc) is 2.30. The van der Waals surface area contributed by atoms with Crippen molar-refractivity contribution >= 4 is 29.2 Å². The molecule has 0 saturated carbocycles. The standard InChI is InChI=1S/C14H18ClNO3/c1-8(2)14(18)19-7-12(17)16-13-10(4)5-9(3)6-11(13)15/h5-6,8H,7H2,1-4H3,(H,16,17). The third-order valence-electron chi connectivity index (χ3n) is 2.51. The lowest BCUT2D eigenvalue weighted by Gasteiger charge is -2.12. The first-order valence-electron chi connectivity index (χ1n) is 6.04. The highest BCUT2D eigenvalue weighted by Gasteiger charge is 2.13. The van der Waals surface area contributed by atoms with Gasteiger partial charge in [-0.2, -0.15) is 0 Å². The maximum atomic E-state index is 11.7. The smallest absolute Gasteiger partial charge is 0.308 e. The Morgan fingerprint density at radius 1 is 1.32 bits per heavy atom. The van der Waals surface area contributed by atoms with E-state index < -0.39 is 11.9 Å². The summed E-state index contributed by atoms with van der Waals surface area (Å²) < 4.78 is 4.85. The molecule has 0 heterocycles. The number of aryl methyl sites for hydroxylation is 2. The normalized spacial score (nSPS) is 10.4. The number of esters is 1. The van der Waals surface area contributed by atoms with Crippen LogP contribution >= 0.6 is 11.6 Å². The summed E-state index contributed by atoms with van der Waals surface area (Å²) in [6, 6.07) is 3.69. The summed E-state index contributed by atoms with van der Waals surface area (Å²) in [5.41, 5.74) is 2.44. The number of halogens is 1. The average molecular weight is 284 g/mol. The first-order chi connectivity index (χ1) is 8.81. The second-order valence-corrected chi connectivity index (χ2v) is 5.16. The molecule has 0 aliphatic heterocycles. The molecule has 0 unspecified atom stereocenters. The molecule has 0 saturated heterocycles. The fourth-order valence-corrected chi connectivity index (χ4v) is 1.92. The first-order valence-corrected chi connectivity index (χ1v) is 6.42. The Labute approximate surface area is 118 Å². The van der Waals surface area contributed by atoms with Gasteiger partial charge in [-0.05, 0) is 31.0 Å². The van der Waals surface area contributed by atoms with Gasteiger partial charge in [0, 0.05) is 0 Å². The van der Waals surface area contributed by atoms with Crippen LogP contribution in [0.4, 0.5) is 5.69 Å². The molecule has 1 aromatic rings. The van der Waals surface area contributed by atoms with E-state index in [-0.39, 0.29) is 12.5 Å². The zero-order chi connectivity index (χ0) is 14.6. The number of hydrogen-bond donors (Lipinski definition) is 1. The molecular weight excluding hydrogens is 266 g/mol. The van der Waals surface area contributed by atoms with Crippen molar-refractivity contribution in [3.63, 3.8) is 0 Å². The molecule has 104 valence electrons. The van der Waals surface area contributed by atoms with Crippen LogP contribution in [0.3, 0.4) is 0 Å². The summed E-state index contributed by atoms with van der Waals surface area (Å²) >= 11 is 6.07. The molecule has 1 amide bonds. The maximum Gasteiger partial charge on any atom is 0.308 e. The van der Waals surface area contributed by atoms with Crippen molar-refractivity contribution in [2.24, 2.45) is 5.92 Å². The largest absolute Gasteiger partial charge is 0.455 e. The quantitative estimate of drug-likeness (QED) is 0.864. The Kier molecular flexibility index (Phi) is 5.36. The highest BCUT2D eigenvalue weighted by Crippen LogP contribution is 2.27. The number of benzene rings is 1. The van der Waals surface area contributed by atoms with Crippen molar-refractivity contribution in [1.29, 1.82) is 0 Å². The SMILES string of the molecule is Cc1cc(C)c(NC(=O)COC(=O)C(C)C)c(Cl)c1. The summed E-state index contributed by atoms with van der Waals surface area (Å²) in [5, 5.41) is 3.13. The number of amides is 1. The van der Waals surface area contributed by atoms with Gasteiger partial charge in [0.15, 0.2) is 6.61 Å². The van der Waals surface area contributed by atoms with Crippen molar-refractivity contribution in [2.75, 3.05) is 11.9 Å². The van der Waals surface area contributed by atoms with Gasteiger partial charge >= 0.3 is 5.97 Å². The van der Waals surface area contributed by atoms with E-state index in [2.05, 4.69) is 5.32 Å². The highest BCUT2D eigenvalue weighted by molar-refractivity contribution is 6.34. The van der Waals surface area contributed by atoms with Gasteiger partial charge in [-0.1, -0.05) is 31.5 Å². The topological polar surface area (TPSA) is 55.4 Å². The van der Waals surface area contributed by atoms with Crippen molar-refractivity contribution < 1.29 is 14.3 Å². The van der Waals surface area contributed by atoms with Gasteiger partial charge in [0.05, 0.1) is 16.6 Å².